The second-order valence-electron chi connectivity index (χ2n) is 4.71. The average molecular weight is 270 g/mol. The summed E-state index contributed by atoms with van der Waals surface area (Å²) in [7, 11) is 0. The van der Waals surface area contributed by atoms with Crippen LogP contribution in [-0.4, -0.2) is 40.3 Å². The summed E-state index contributed by atoms with van der Waals surface area (Å²) in [6, 6.07) is 1.21. The predicted octanol–water partition coefficient (Wildman–Crippen LogP) is 2.07. The number of aromatic nitrogens is 2. The van der Waals surface area contributed by atoms with Gasteiger partial charge in [0.05, 0.1) is 6.04 Å². The van der Waals surface area contributed by atoms with E-state index >= 15 is 0 Å². The van der Waals surface area contributed by atoms with Gasteiger partial charge in [0.25, 0.3) is 0 Å². The van der Waals surface area contributed by atoms with Crippen LogP contribution in [0.3, 0.4) is 0 Å². The third kappa shape index (κ3) is 2.80. The van der Waals surface area contributed by atoms with Crippen molar-refractivity contribution in [3.63, 3.8) is 0 Å². The first-order valence-corrected chi connectivity index (χ1v) is 7.63. The van der Waals surface area contributed by atoms with Gasteiger partial charge in [0.2, 0.25) is 5.89 Å². The lowest BCUT2D eigenvalue weighted by Crippen LogP contribution is -2.44. The zero-order valence-corrected chi connectivity index (χ0v) is 12.3. The Kier molecular flexibility index (Phi) is 4.50. The molecule has 2 heterocycles. The highest BCUT2D eigenvalue weighted by molar-refractivity contribution is 8.00. The van der Waals surface area contributed by atoms with Crippen LogP contribution in [0.4, 0.5) is 6.01 Å². The molecular weight excluding hydrogens is 248 g/mol. The quantitative estimate of drug-likeness (QED) is 0.904. The Balaban J connectivity index is 2.09. The van der Waals surface area contributed by atoms with Gasteiger partial charge in [-0.05, 0) is 20.4 Å². The first-order chi connectivity index (χ1) is 8.63. The molecule has 0 radical (unpaired) electrons. The van der Waals surface area contributed by atoms with E-state index in [4.69, 9.17) is 4.42 Å². The van der Waals surface area contributed by atoms with Crippen LogP contribution in [0.15, 0.2) is 4.42 Å². The van der Waals surface area contributed by atoms with Gasteiger partial charge in [-0.15, -0.1) is 5.10 Å². The fourth-order valence-corrected chi connectivity index (χ4v) is 3.21. The van der Waals surface area contributed by atoms with E-state index in [2.05, 4.69) is 41.2 Å². The van der Waals surface area contributed by atoms with Gasteiger partial charge in [-0.3, -0.25) is 0 Å². The summed E-state index contributed by atoms with van der Waals surface area (Å²) in [5.41, 5.74) is 0. The van der Waals surface area contributed by atoms with Crippen molar-refractivity contribution >= 4 is 17.8 Å². The molecule has 1 aromatic rings. The molecule has 0 aliphatic carbocycles. The number of rotatable bonds is 4. The molecule has 0 aromatic carbocycles. The zero-order chi connectivity index (χ0) is 13.1. The lowest BCUT2D eigenvalue weighted by Gasteiger charge is -2.35. The molecule has 1 fully saturated rings. The van der Waals surface area contributed by atoms with Crippen molar-refractivity contribution in [3.8, 4) is 0 Å². The van der Waals surface area contributed by atoms with Crippen molar-refractivity contribution < 1.29 is 4.42 Å². The van der Waals surface area contributed by atoms with Crippen molar-refractivity contribution in [1.82, 2.24) is 15.5 Å². The molecule has 0 amide bonds. The van der Waals surface area contributed by atoms with Gasteiger partial charge >= 0.3 is 6.01 Å². The maximum Gasteiger partial charge on any atom is 0.318 e. The number of hydrogen-bond acceptors (Lipinski definition) is 6. The molecule has 1 aliphatic heterocycles. The Morgan fingerprint density at radius 3 is 3.00 bits per heavy atom. The topological polar surface area (TPSA) is 54.2 Å². The molecule has 2 rings (SSSR count). The van der Waals surface area contributed by atoms with Gasteiger partial charge in [0, 0.05) is 23.6 Å². The molecule has 1 saturated heterocycles. The van der Waals surface area contributed by atoms with E-state index in [1.165, 1.54) is 0 Å². The minimum absolute atomic E-state index is 0.114. The summed E-state index contributed by atoms with van der Waals surface area (Å²) >= 11 is 2.00. The van der Waals surface area contributed by atoms with Crippen molar-refractivity contribution in [3.05, 3.63) is 5.89 Å². The second-order valence-corrected chi connectivity index (χ2v) is 6.20. The molecular formula is C12H22N4OS. The number of thioether (sulfide) groups is 1. The minimum Gasteiger partial charge on any atom is -0.406 e. The minimum atomic E-state index is 0.114. The van der Waals surface area contributed by atoms with Crippen LogP contribution in [0.25, 0.3) is 0 Å². The summed E-state index contributed by atoms with van der Waals surface area (Å²) in [5, 5.41) is 12.2. The highest BCUT2D eigenvalue weighted by atomic mass is 32.2. The van der Waals surface area contributed by atoms with Crippen molar-refractivity contribution in [1.29, 1.82) is 0 Å². The van der Waals surface area contributed by atoms with Crippen molar-refractivity contribution in [2.75, 3.05) is 23.7 Å². The molecule has 1 aromatic heterocycles. The lowest BCUT2D eigenvalue weighted by atomic mass is 10.2. The normalized spacial score (nSPS) is 26.3. The molecule has 0 saturated carbocycles. The molecule has 1 aliphatic rings. The molecule has 102 valence electrons. The first kappa shape index (κ1) is 13.7. The third-order valence-corrected chi connectivity index (χ3v) is 4.78. The number of nitrogens with zero attached hydrogens (tertiary/aromatic N) is 3. The van der Waals surface area contributed by atoms with Crippen LogP contribution >= 0.6 is 11.8 Å². The number of hydrogen-bond donors (Lipinski definition) is 1. The fraction of sp³-hybridized carbons (Fsp3) is 0.833. The van der Waals surface area contributed by atoms with Crippen LogP contribution in [0.1, 0.15) is 39.6 Å². The van der Waals surface area contributed by atoms with Gasteiger partial charge < -0.3 is 14.6 Å². The van der Waals surface area contributed by atoms with Crippen LogP contribution in [0.5, 0.6) is 0 Å². The molecule has 18 heavy (non-hydrogen) atoms. The van der Waals surface area contributed by atoms with E-state index in [0.29, 0.717) is 23.2 Å². The Bertz CT molecular complexity index is 384. The van der Waals surface area contributed by atoms with Gasteiger partial charge in [-0.1, -0.05) is 18.9 Å². The molecule has 3 unspecified atom stereocenters. The Labute approximate surface area is 113 Å². The lowest BCUT2D eigenvalue weighted by molar-refractivity contribution is 0.411. The highest BCUT2D eigenvalue weighted by Crippen LogP contribution is 2.28. The summed E-state index contributed by atoms with van der Waals surface area (Å²) in [5.74, 6) is 1.79. The molecule has 0 bridgehead atoms. The van der Waals surface area contributed by atoms with Crippen LogP contribution in [-0.2, 0) is 0 Å². The molecule has 5 nitrogen and oxygen atoms in total. The predicted molar refractivity (Wildman–Crippen MR) is 75.1 cm³/mol. The summed E-state index contributed by atoms with van der Waals surface area (Å²) < 4.78 is 5.79. The van der Waals surface area contributed by atoms with Crippen LogP contribution in [0, 0.1) is 0 Å². The molecule has 3 atom stereocenters. The van der Waals surface area contributed by atoms with Crippen molar-refractivity contribution in [2.24, 2.45) is 0 Å². The Morgan fingerprint density at radius 1 is 1.50 bits per heavy atom. The van der Waals surface area contributed by atoms with Gasteiger partial charge in [-0.2, -0.15) is 11.8 Å². The zero-order valence-electron chi connectivity index (χ0n) is 11.5. The van der Waals surface area contributed by atoms with E-state index in [-0.39, 0.29) is 6.04 Å². The second kappa shape index (κ2) is 5.93. The van der Waals surface area contributed by atoms with Gasteiger partial charge in [0.15, 0.2) is 0 Å². The maximum atomic E-state index is 5.79. The average Bonchev–Trinajstić information content (AvgIpc) is 2.82. The summed E-state index contributed by atoms with van der Waals surface area (Å²) in [6.07, 6.45) is 0. The summed E-state index contributed by atoms with van der Waals surface area (Å²) in [4.78, 5) is 2.22. The van der Waals surface area contributed by atoms with E-state index in [9.17, 15) is 0 Å². The van der Waals surface area contributed by atoms with E-state index in [1.54, 1.807) is 0 Å². The van der Waals surface area contributed by atoms with Gasteiger partial charge in [0.1, 0.15) is 0 Å². The van der Waals surface area contributed by atoms with E-state index in [0.717, 1.165) is 18.8 Å². The monoisotopic (exact) mass is 270 g/mol. The molecule has 0 spiro atoms. The fourth-order valence-electron chi connectivity index (χ4n) is 2.11. The largest absolute Gasteiger partial charge is 0.406 e. The number of nitrogens with one attached hydrogen (secondary N) is 1. The molecule has 6 heteroatoms. The van der Waals surface area contributed by atoms with Gasteiger partial charge in [-0.25, -0.2) is 0 Å². The highest BCUT2D eigenvalue weighted by Gasteiger charge is 2.29. The summed E-state index contributed by atoms with van der Waals surface area (Å²) in [6.45, 7) is 10.5. The van der Waals surface area contributed by atoms with Crippen LogP contribution in [0.2, 0.25) is 0 Å². The third-order valence-electron chi connectivity index (χ3n) is 3.44. The Hall–Kier alpha value is -0.750. The smallest absolute Gasteiger partial charge is 0.318 e. The van der Waals surface area contributed by atoms with Crippen molar-refractivity contribution in [2.45, 2.75) is 45.0 Å². The Morgan fingerprint density at radius 2 is 2.28 bits per heavy atom. The van der Waals surface area contributed by atoms with Crippen LogP contribution < -0.4 is 10.2 Å². The number of anilines is 1. The molecule has 1 N–H and O–H groups in total. The van der Waals surface area contributed by atoms with E-state index < -0.39 is 0 Å². The SMILES string of the molecule is CCNC(C)c1nnc(N2CCSC(C)C2C)o1. The maximum absolute atomic E-state index is 5.79. The first-order valence-electron chi connectivity index (χ1n) is 6.58. The van der Waals surface area contributed by atoms with E-state index in [1.807, 2.05) is 18.7 Å². The standard InChI is InChI=1S/C12H22N4OS/c1-5-13-8(2)11-14-15-12(17-11)16-6-7-18-10(4)9(16)3/h8-10,13H,5-7H2,1-4H3.